The van der Waals surface area contributed by atoms with Crippen molar-refractivity contribution in [3.63, 3.8) is 0 Å². The number of nitrogens with two attached hydrogens (primary N) is 1. The van der Waals surface area contributed by atoms with Crippen molar-refractivity contribution in [2.45, 2.75) is 6.92 Å². The maximum Gasteiger partial charge on any atom is 0.239 e. The lowest BCUT2D eigenvalue weighted by molar-refractivity contribution is -0.113. The Labute approximate surface area is 81.9 Å². The van der Waals surface area contributed by atoms with Crippen LogP contribution in [0.4, 0.5) is 11.4 Å². The van der Waals surface area contributed by atoms with Crippen LogP contribution in [0.3, 0.4) is 0 Å². The third-order valence-corrected chi connectivity index (χ3v) is 1.92. The molecule has 0 atom stereocenters. The number of anilines is 2. The van der Waals surface area contributed by atoms with Gasteiger partial charge in [0, 0.05) is 11.4 Å². The quantitative estimate of drug-likeness (QED) is 0.562. The second-order valence-electron chi connectivity index (χ2n) is 2.75. The highest BCUT2D eigenvalue weighted by atomic mass is 35.5. The van der Waals surface area contributed by atoms with Gasteiger partial charge in [0.25, 0.3) is 0 Å². The molecule has 1 amide bonds. The number of halogens is 1. The minimum absolute atomic E-state index is 0.0383. The molecule has 1 rings (SSSR count). The van der Waals surface area contributed by atoms with E-state index in [1.165, 1.54) is 0 Å². The number of nitrogens with one attached hydrogen (secondary N) is 1. The van der Waals surface area contributed by atoms with Gasteiger partial charge in [-0.3, -0.25) is 4.79 Å². The van der Waals surface area contributed by atoms with E-state index in [-0.39, 0.29) is 11.8 Å². The van der Waals surface area contributed by atoms with E-state index in [1.807, 2.05) is 6.92 Å². The molecule has 0 aliphatic carbocycles. The molecule has 3 N–H and O–H groups in total. The van der Waals surface area contributed by atoms with Gasteiger partial charge in [0.05, 0.1) is 0 Å². The Morgan fingerprint density at radius 3 is 2.85 bits per heavy atom. The number of amides is 1. The first-order chi connectivity index (χ1) is 6.13. The third kappa shape index (κ3) is 2.63. The zero-order chi connectivity index (χ0) is 9.84. The molecule has 0 fully saturated rings. The number of carbonyl (C=O) groups is 1. The van der Waals surface area contributed by atoms with Crippen LogP contribution in [0.25, 0.3) is 0 Å². The second kappa shape index (κ2) is 4.14. The molecule has 0 bridgehead atoms. The summed E-state index contributed by atoms with van der Waals surface area (Å²) in [5, 5.41) is 2.63. The zero-order valence-electron chi connectivity index (χ0n) is 7.30. The van der Waals surface area contributed by atoms with Crippen LogP contribution in [-0.2, 0) is 4.79 Å². The summed E-state index contributed by atoms with van der Waals surface area (Å²) in [6.45, 7) is 1.88. The van der Waals surface area contributed by atoms with Gasteiger partial charge in [-0.25, -0.2) is 0 Å². The van der Waals surface area contributed by atoms with Gasteiger partial charge < -0.3 is 11.1 Å². The number of hydrogen-bond donors (Lipinski definition) is 2. The maximum absolute atomic E-state index is 10.9. The molecular formula is C9H11ClN2O. The lowest BCUT2D eigenvalue weighted by Gasteiger charge is -2.05. The average molecular weight is 199 g/mol. The van der Waals surface area contributed by atoms with Gasteiger partial charge in [-0.05, 0) is 30.7 Å². The number of rotatable bonds is 2. The Balaban J connectivity index is 2.79. The van der Waals surface area contributed by atoms with E-state index in [9.17, 15) is 4.79 Å². The predicted octanol–water partition coefficient (Wildman–Crippen LogP) is 1.75. The van der Waals surface area contributed by atoms with Crippen molar-refractivity contribution in [1.82, 2.24) is 0 Å². The molecular weight excluding hydrogens is 188 g/mol. The second-order valence-corrected chi connectivity index (χ2v) is 3.02. The van der Waals surface area contributed by atoms with Crippen LogP contribution in [-0.4, -0.2) is 11.8 Å². The van der Waals surface area contributed by atoms with E-state index in [1.54, 1.807) is 18.2 Å². The summed E-state index contributed by atoms with van der Waals surface area (Å²) in [6, 6.07) is 5.30. The van der Waals surface area contributed by atoms with E-state index < -0.39 is 0 Å². The minimum atomic E-state index is -0.217. The van der Waals surface area contributed by atoms with Crippen LogP contribution in [0.1, 0.15) is 5.56 Å². The molecule has 1 aromatic carbocycles. The lowest BCUT2D eigenvalue weighted by Crippen LogP contribution is -2.12. The fourth-order valence-electron chi connectivity index (χ4n) is 0.948. The third-order valence-electron chi connectivity index (χ3n) is 1.67. The number of hydrogen-bond acceptors (Lipinski definition) is 2. The van der Waals surface area contributed by atoms with Gasteiger partial charge in [-0.2, -0.15) is 0 Å². The number of aryl methyl sites for hydroxylation is 1. The molecule has 1 aromatic rings. The fraction of sp³-hybridized carbons (Fsp3) is 0.222. The molecule has 0 saturated heterocycles. The highest BCUT2D eigenvalue weighted by molar-refractivity contribution is 6.29. The minimum Gasteiger partial charge on any atom is -0.399 e. The van der Waals surface area contributed by atoms with Gasteiger partial charge in [-0.1, -0.05) is 0 Å². The molecule has 0 radical (unpaired) electrons. The van der Waals surface area contributed by atoms with Gasteiger partial charge >= 0.3 is 0 Å². The van der Waals surface area contributed by atoms with Crippen molar-refractivity contribution in [2.75, 3.05) is 16.9 Å². The standard InChI is InChI=1S/C9H11ClN2O/c1-6-4-7(2-3-8(6)11)12-9(13)5-10/h2-4H,5,11H2,1H3,(H,12,13). The van der Waals surface area contributed by atoms with Crippen LogP contribution in [0, 0.1) is 6.92 Å². The summed E-state index contributed by atoms with van der Waals surface area (Å²) < 4.78 is 0. The number of benzene rings is 1. The van der Waals surface area contributed by atoms with Crippen molar-refractivity contribution in [3.05, 3.63) is 23.8 Å². The first-order valence-corrected chi connectivity index (χ1v) is 4.39. The molecule has 0 spiro atoms. The smallest absolute Gasteiger partial charge is 0.239 e. The highest BCUT2D eigenvalue weighted by Gasteiger charge is 2.00. The first-order valence-electron chi connectivity index (χ1n) is 3.85. The van der Waals surface area contributed by atoms with Crippen LogP contribution in [0.5, 0.6) is 0 Å². The summed E-state index contributed by atoms with van der Waals surface area (Å²) in [6.07, 6.45) is 0. The van der Waals surface area contributed by atoms with Gasteiger partial charge in [0.2, 0.25) is 5.91 Å². The van der Waals surface area contributed by atoms with Crippen molar-refractivity contribution in [2.24, 2.45) is 0 Å². The van der Waals surface area contributed by atoms with E-state index in [2.05, 4.69) is 5.32 Å². The van der Waals surface area contributed by atoms with E-state index in [4.69, 9.17) is 17.3 Å². The summed E-state index contributed by atoms with van der Waals surface area (Å²) >= 11 is 5.34. The van der Waals surface area contributed by atoms with Gasteiger partial charge in [0.15, 0.2) is 0 Å². The SMILES string of the molecule is Cc1cc(NC(=O)CCl)ccc1N. The number of alkyl halides is 1. The normalized spacial score (nSPS) is 9.69. The van der Waals surface area contributed by atoms with Crippen LogP contribution >= 0.6 is 11.6 Å². The van der Waals surface area contributed by atoms with Crippen LogP contribution in [0.15, 0.2) is 18.2 Å². The molecule has 0 heterocycles. The van der Waals surface area contributed by atoms with Crippen molar-refractivity contribution in [1.29, 1.82) is 0 Å². The van der Waals surface area contributed by atoms with E-state index >= 15 is 0 Å². The Kier molecular flexibility index (Phi) is 3.14. The summed E-state index contributed by atoms with van der Waals surface area (Å²) in [5.74, 6) is -0.255. The topological polar surface area (TPSA) is 55.1 Å². The molecule has 70 valence electrons. The van der Waals surface area contributed by atoms with Gasteiger partial charge in [-0.15, -0.1) is 11.6 Å². The predicted molar refractivity (Wildman–Crippen MR) is 54.9 cm³/mol. The van der Waals surface area contributed by atoms with E-state index in [0.717, 1.165) is 11.3 Å². The Bertz CT molecular complexity index is 325. The van der Waals surface area contributed by atoms with Crippen LogP contribution < -0.4 is 11.1 Å². The fourth-order valence-corrected chi connectivity index (χ4v) is 1.01. The molecule has 0 aromatic heterocycles. The van der Waals surface area contributed by atoms with Crippen molar-refractivity contribution >= 4 is 28.9 Å². The highest BCUT2D eigenvalue weighted by Crippen LogP contribution is 2.16. The first kappa shape index (κ1) is 9.86. The molecule has 0 aliphatic rings. The summed E-state index contributed by atoms with van der Waals surface area (Å²) in [7, 11) is 0. The van der Waals surface area contributed by atoms with Crippen LogP contribution in [0.2, 0.25) is 0 Å². The molecule has 0 saturated carbocycles. The Hall–Kier alpha value is -1.22. The maximum atomic E-state index is 10.9. The Morgan fingerprint density at radius 1 is 1.62 bits per heavy atom. The molecule has 4 heteroatoms. The summed E-state index contributed by atoms with van der Waals surface area (Å²) in [5.41, 5.74) is 7.98. The average Bonchev–Trinajstić information content (AvgIpc) is 2.11. The lowest BCUT2D eigenvalue weighted by atomic mass is 10.2. The monoisotopic (exact) mass is 198 g/mol. The van der Waals surface area contributed by atoms with Crippen molar-refractivity contribution in [3.8, 4) is 0 Å². The zero-order valence-corrected chi connectivity index (χ0v) is 8.06. The number of nitrogen functional groups attached to an aromatic ring is 1. The summed E-state index contributed by atoms with van der Waals surface area (Å²) in [4.78, 5) is 10.9. The largest absolute Gasteiger partial charge is 0.399 e. The Morgan fingerprint density at radius 2 is 2.31 bits per heavy atom. The number of carbonyl (C=O) groups excluding carboxylic acids is 1. The molecule has 3 nitrogen and oxygen atoms in total. The van der Waals surface area contributed by atoms with E-state index in [0.29, 0.717) is 5.69 Å². The van der Waals surface area contributed by atoms with Crippen molar-refractivity contribution < 1.29 is 4.79 Å². The molecule has 13 heavy (non-hydrogen) atoms. The molecule has 0 aliphatic heterocycles. The van der Waals surface area contributed by atoms with Gasteiger partial charge in [0.1, 0.15) is 5.88 Å². The molecule has 0 unspecified atom stereocenters.